The molecule has 0 saturated heterocycles. The number of benzene rings is 1. The van der Waals surface area contributed by atoms with E-state index in [2.05, 4.69) is 0 Å². The fourth-order valence-electron chi connectivity index (χ4n) is 1.87. The van der Waals surface area contributed by atoms with Crippen LogP contribution in [0, 0.1) is 0 Å². The van der Waals surface area contributed by atoms with Crippen LogP contribution in [0.2, 0.25) is 0 Å². The first kappa shape index (κ1) is 19.5. The number of aliphatic carboxylic acids is 1. The van der Waals surface area contributed by atoms with Crippen LogP contribution in [-0.2, 0) is 25.7 Å². The molecule has 0 aliphatic carbocycles. The minimum atomic E-state index is -1.56. The van der Waals surface area contributed by atoms with E-state index in [-0.39, 0.29) is 6.61 Å². The summed E-state index contributed by atoms with van der Waals surface area (Å²) in [6.07, 6.45) is -1.38. The molecule has 7 heteroatoms. The van der Waals surface area contributed by atoms with Gasteiger partial charge in [0.2, 0.25) is 0 Å². The summed E-state index contributed by atoms with van der Waals surface area (Å²) >= 11 is 0. The molecule has 0 saturated carbocycles. The van der Waals surface area contributed by atoms with Crippen molar-refractivity contribution in [3.63, 3.8) is 0 Å². The summed E-state index contributed by atoms with van der Waals surface area (Å²) in [5.41, 5.74) is 0.0105. The van der Waals surface area contributed by atoms with E-state index in [0.717, 1.165) is 10.5 Å². The summed E-state index contributed by atoms with van der Waals surface area (Å²) in [5, 5.41) is 11.3. The molecule has 0 unspecified atom stereocenters. The number of amides is 1. The largest absolute Gasteiger partial charge is 0.548 e. The quantitative estimate of drug-likeness (QED) is 0.722. The summed E-state index contributed by atoms with van der Waals surface area (Å²) in [6.45, 7) is 4.99. The van der Waals surface area contributed by atoms with Gasteiger partial charge in [0.1, 0.15) is 12.2 Å². The molecule has 24 heavy (non-hydrogen) atoms. The molecule has 7 nitrogen and oxygen atoms in total. The second kappa shape index (κ2) is 8.33. The Labute approximate surface area is 141 Å². The first-order valence-corrected chi connectivity index (χ1v) is 7.46. The Morgan fingerprint density at radius 1 is 1.17 bits per heavy atom. The van der Waals surface area contributed by atoms with E-state index in [1.165, 1.54) is 7.05 Å². The van der Waals surface area contributed by atoms with E-state index in [1.807, 2.05) is 6.07 Å². The summed E-state index contributed by atoms with van der Waals surface area (Å²) in [7, 11) is 1.23. The molecule has 1 atom stereocenters. The normalized spacial score (nSPS) is 12.2. The molecule has 0 heterocycles. The van der Waals surface area contributed by atoms with Crippen LogP contribution in [0.3, 0.4) is 0 Å². The van der Waals surface area contributed by atoms with E-state index in [0.29, 0.717) is 0 Å². The minimum Gasteiger partial charge on any atom is -0.548 e. The molecule has 0 spiro atoms. The third-order valence-electron chi connectivity index (χ3n) is 3.01. The number of carbonyl (C=O) groups excluding carboxylic acids is 3. The van der Waals surface area contributed by atoms with Gasteiger partial charge in [-0.05, 0) is 26.3 Å². The fourth-order valence-corrected chi connectivity index (χ4v) is 1.87. The van der Waals surface area contributed by atoms with Gasteiger partial charge in [0.25, 0.3) is 0 Å². The van der Waals surface area contributed by atoms with Crippen molar-refractivity contribution in [1.82, 2.24) is 4.90 Å². The monoisotopic (exact) mass is 336 g/mol. The third kappa shape index (κ3) is 6.68. The molecular formula is C17H22NO6-. The van der Waals surface area contributed by atoms with Crippen molar-refractivity contribution >= 4 is 18.0 Å². The first-order valence-electron chi connectivity index (χ1n) is 7.46. The molecule has 1 aromatic rings. The number of hydrogen-bond acceptors (Lipinski definition) is 6. The highest BCUT2D eigenvalue weighted by Gasteiger charge is 2.27. The minimum absolute atomic E-state index is 0.00375. The number of ether oxygens (including phenoxy) is 2. The van der Waals surface area contributed by atoms with Crippen LogP contribution in [-0.4, -0.2) is 41.6 Å². The summed E-state index contributed by atoms with van der Waals surface area (Å²) in [4.78, 5) is 35.9. The summed E-state index contributed by atoms with van der Waals surface area (Å²) in [6, 6.07) is 7.47. The van der Waals surface area contributed by atoms with Crippen LogP contribution in [0.5, 0.6) is 0 Å². The van der Waals surface area contributed by atoms with E-state index in [4.69, 9.17) is 9.47 Å². The van der Waals surface area contributed by atoms with Crippen molar-refractivity contribution in [2.75, 3.05) is 7.05 Å². The Morgan fingerprint density at radius 2 is 1.75 bits per heavy atom. The van der Waals surface area contributed by atoms with Crippen molar-refractivity contribution in [2.24, 2.45) is 0 Å². The topological polar surface area (TPSA) is 96.0 Å². The smallest absolute Gasteiger partial charge is 0.410 e. The first-order chi connectivity index (χ1) is 11.1. The lowest BCUT2D eigenvalue weighted by Gasteiger charge is -2.29. The predicted molar refractivity (Wildman–Crippen MR) is 83.6 cm³/mol. The Bertz CT molecular complexity index is 578. The number of rotatable bonds is 6. The predicted octanol–water partition coefficient (Wildman–Crippen LogP) is 1.11. The van der Waals surface area contributed by atoms with Gasteiger partial charge in [-0.3, -0.25) is 4.79 Å². The summed E-state index contributed by atoms with van der Waals surface area (Å²) < 4.78 is 10.1. The highest BCUT2D eigenvalue weighted by Crippen LogP contribution is 2.12. The Morgan fingerprint density at radius 3 is 2.25 bits per heavy atom. The van der Waals surface area contributed by atoms with Gasteiger partial charge >= 0.3 is 12.1 Å². The maximum Gasteiger partial charge on any atom is 0.410 e. The molecule has 0 aromatic heterocycles. The van der Waals surface area contributed by atoms with Crippen molar-refractivity contribution in [1.29, 1.82) is 0 Å². The van der Waals surface area contributed by atoms with Gasteiger partial charge in [-0.2, -0.15) is 0 Å². The highest BCUT2D eigenvalue weighted by molar-refractivity contribution is 5.84. The third-order valence-corrected chi connectivity index (χ3v) is 3.01. The van der Waals surface area contributed by atoms with Gasteiger partial charge < -0.3 is 24.3 Å². The number of carbonyl (C=O) groups is 3. The van der Waals surface area contributed by atoms with E-state index >= 15 is 0 Å². The lowest BCUT2D eigenvalue weighted by Crippen LogP contribution is -2.50. The SMILES string of the molecule is CN(C(=O)OCc1ccccc1)[C@@H](CC(=O)OC(C)(C)C)C(=O)[O-]. The van der Waals surface area contributed by atoms with Crippen LogP contribution in [0.1, 0.15) is 32.8 Å². The van der Waals surface area contributed by atoms with Crippen LogP contribution in [0.15, 0.2) is 30.3 Å². The molecule has 0 aliphatic rings. The van der Waals surface area contributed by atoms with E-state index in [1.54, 1.807) is 45.0 Å². The maximum absolute atomic E-state index is 12.0. The second-order valence-corrected chi connectivity index (χ2v) is 6.28. The van der Waals surface area contributed by atoms with Crippen molar-refractivity contribution in [3.8, 4) is 0 Å². The lowest BCUT2D eigenvalue weighted by atomic mass is 10.1. The van der Waals surface area contributed by atoms with Gasteiger partial charge in [0, 0.05) is 7.05 Å². The average molecular weight is 336 g/mol. The zero-order valence-corrected chi connectivity index (χ0v) is 14.3. The van der Waals surface area contributed by atoms with Gasteiger partial charge in [0.05, 0.1) is 18.4 Å². The van der Waals surface area contributed by atoms with Crippen molar-refractivity contribution < 1.29 is 29.0 Å². The molecule has 0 bridgehead atoms. The Hall–Kier alpha value is -2.57. The van der Waals surface area contributed by atoms with Gasteiger partial charge in [-0.1, -0.05) is 30.3 Å². The molecule has 1 amide bonds. The van der Waals surface area contributed by atoms with Crippen LogP contribution >= 0.6 is 0 Å². The molecular weight excluding hydrogens is 314 g/mol. The van der Waals surface area contributed by atoms with Gasteiger partial charge in [0.15, 0.2) is 0 Å². The van der Waals surface area contributed by atoms with Crippen LogP contribution < -0.4 is 5.11 Å². The molecule has 0 radical (unpaired) electrons. The zero-order valence-electron chi connectivity index (χ0n) is 14.3. The van der Waals surface area contributed by atoms with E-state index in [9.17, 15) is 19.5 Å². The zero-order chi connectivity index (χ0) is 18.3. The lowest BCUT2D eigenvalue weighted by molar-refractivity contribution is -0.311. The van der Waals surface area contributed by atoms with Crippen LogP contribution in [0.25, 0.3) is 0 Å². The number of nitrogens with zero attached hydrogens (tertiary/aromatic N) is 1. The average Bonchev–Trinajstić information content (AvgIpc) is 2.48. The number of carboxylic acids is 1. The highest BCUT2D eigenvalue weighted by atomic mass is 16.6. The maximum atomic E-state index is 12.0. The fraction of sp³-hybridized carbons (Fsp3) is 0.471. The van der Waals surface area contributed by atoms with Crippen molar-refractivity contribution in [2.45, 2.75) is 45.4 Å². The number of hydrogen-bond donors (Lipinski definition) is 0. The van der Waals surface area contributed by atoms with Crippen molar-refractivity contribution in [3.05, 3.63) is 35.9 Å². The molecule has 1 aromatic carbocycles. The van der Waals surface area contributed by atoms with E-state index < -0.39 is 36.1 Å². The molecule has 0 fully saturated rings. The Kier molecular flexibility index (Phi) is 6.76. The molecule has 0 aliphatic heterocycles. The molecule has 1 rings (SSSR count). The second-order valence-electron chi connectivity index (χ2n) is 6.28. The number of likely N-dealkylation sites (N-methyl/N-ethyl adjacent to an activating group) is 1. The number of esters is 1. The van der Waals surface area contributed by atoms with Crippen LogP contribution in [0.4, 0.5) is 4.79 Å². The molecule has 132 valence electrons. The summed E-state index contributed by atoms with van der Waals surface area (Å²) in [5.74, 6) is -2.29. The standard InChI is InChI=1S/C17H23NO6/c1-17(2,3)24-14(19)10-13(15(20)21)18(4)16(22)23-11-12-8-6-5-7-9-12/h5-9,13H,10-11H2,1-4H3,(H,20,21)/p-1/t13-/m0/s1. The van der Waals surface area contributed by atoms with Gasteiger partial charge in [-0.25, -0.2) is 4.79 Å². The molecule has 0 N–H and O–H groups in total. The Balaban J connectivity index is 2.64. The van der Waals surface area contributed by atoms with Gasteiger partial charge in [-0.15, -0.1) is 0 Å². The number of carboxylic acid groups (broad SMARTS) is 1.